The van der Waals surface area contributed by atoms with Crippen LogP contribution < -0.4 is 10.6 Å². The van der Waals surface area contributed by atoms with E-state index in [1.54, 1.807) is 24.3 Å². The molecule has 1 unspecified atom stereocenters. The molecule has 3 N–H and O–H groups in total. The second kappa shape index (κ2) is 7.08. The SMILES string of the molecule is COCC(N)C(=O)N(CC(=O)O)c1ccc(Cl)cc1. The van der Waals surface area contributed by atoms with Gasteiger partial charge < -0.3 is 15.6 Å². The van der Waals surface area contributed by atoms with E-state index in [0.29, 0.717) is 10.7 Å². The molecule has 104 valence electrons. The summed E-state index contributed by atoms with van der Waals surface area (Å²) in [6, 6.07) is 5.34. The topological polar surface area (TPSA) is 92.9 Å². The minimum Gasteiger partial charge on any atom is -0.480 e. The Morgan fingerprint density at radius 2 is 2.00 bits per heavy atom. The van der Waals surface area contributed by atoms with Gasteiger partial charge in [0.15, 0.2) is 0 Å². The molecule has 1 atom stereocenters. The molecule has 0 aromatic heterocycles. The van der Waals surface area contributed by atoms with E-state index in [2.05, 4.69) is 0 Å². The first-order chi connectivity index (χ1) is 8.95. The van der Waals surface area contributed by atoms with Crippen LogP contribution in [0.3, 0.4) is 0 Å². The largest absolute Gasteiger partial charge is 0.480 e. The van der Waals surface area contributed by atoms with Crippen LogP contribution in [0.4, 0.5) is 5.69 Å². The lowest BCUT2D eigenvalue weighted by Gasteiger charge is -2.24. The Kier molecular flexibility index (Phi) is 5.75. The van der Waals surface area contributed by atoms with Crippen molar-refractivity contribution in [1.29, 1.82) is 0 Å². The standard InChI is InChI=1S/C12H15ClN2O4/c1-19-7-10(14)12(18)15(6-11(16)17)9-4-2-8(13)3-5-9/h2-5,10H,6-7,14H2,1H3,(H,16,17). The minimum atomic E-state index is -1.13. The van der Waals surface area contributed by atoms with E-state index in [-0.39, 0.29) is 6.61 Å². The first-order valence-corrected chi connectivity index (χ1v) is 5.86. The molecule has 1 aromatic carbocycles. The Morgan fingerprint density at radius 3 is 2.47 bits per heavy atom. The summed E-state index contributed by atoms with van der Waals surface area (Å²) < 4.78 is 4.79. The van der Waals surface area contributed by atoms with Crippen LogP contribution in [0.25, 0.3) is 0 Å². The van der Waals surface area contributed by atoms with Crippen molar-refractivity contribution in [2.24, 2.45) is 5.73 Å². The molecule has 19 heavy (non-hydrogen) atoms. The second-order valence-corrected chi connectivity index (χ2v) is 4.29. The van der Waals surface area contributed by atoms with Crippen LogP contribution >= 0.6 is 11.6 Å². The highest BCUT2D eigenvalue weighted by Crippen LogP contribution is 2.18. The number of carboxylic acid groups (broad SMARTS) is 1. The third-order valence-electron chi connectivity index (χ3n) is 2.36. The summed E-state index contributed by atoms with van der Waals surface area (Å²) in [5, 5.41) is 9.36. The number of nitrogens with two attached hydrogens (primary N) is 1. The number of hydrogen-bond acceptors (Lipinski definition) is 4. The van der Waals surface area contributed by atoms with Gasteiger partial charge in [-0.1, -0.05) is 11.6 Å². The van der Waals surface area contributed by atoms with E-state index in [1.807, 2.05) is 0 Å². The van der Waals surface area contributed by atoms with Gasteiger partial charge in [-0.3, -0.25) is 14.5 Å². The Balaban J connectivity index is 2.97. The molecule has 0 saturated heterocycles. The molecule has 1 rings (SSSR count). The maximum atomic E-state index is 12.1. The van der Waals surface area contributed by atoms with Gasteiger partial charge >= 0.3 is 5.97 Å². The van der Waals surface area contributed by atoms with Gasteiger partial charge in [-0.05, 0) is 24.3 Å². The van der Waals surface area contributed by atoms with Crippen LogP contribution in [0, 0.1) is 0 Å². The molecule has 0 radical (unpaired) electrons. The highest BCUT2D eigenvalue weighted by molar-refractivity contribution is 6.30. The lowest BCUT2D eigenvalue weighted by Crippen LogP contribution is -2.48. The van der Waals surface area contributed by atoms with Gasteiger partial charge in [-0.25, -0.2) is 0 Å². The lowest BCUT2D eigenvalue weighted by atomic mass is 10.2. The minimum absolute atomic E-state index is 0.0164. The Bertz CT molecular complexity index is 450. The van der Waals surface area contributed by atoms with E-state index in [9.17, 15) is 9.59 Å². The van der Waals surface area contributed by atoms with Gasteiger partial charge in [0.2, 0.25) is 5.91 Å². The van der Waals surface area contributed by atoms with Gasteiger partial charge in [0.1, 0.15) is 12.6 Å². The third-order valence-corrected chi connectivity index (χ3v) is 2.61. The van der Waals surface area contributed by atoms with Crippen molar-refractivity contribution >= 4 is 29.2 Å². The quantitative estimate of drug-likeness (QED) is 0.804. The number of ether oxygens (including phenoxy) is 1. The number of hydrogen-bond donors (Lipinski definition) is 2. The number of benzene rings is 1. The molecule has 7 heteroatoms. The molecule has 0 bridgehead atoms. The number of anilines is 1. The Hall–Kier alpha value is -1.63. The van der Waals surface area contributed by atoms with E-state index >= 15 is 0 Å². The van der Waals surface area contributed by atoms with Crippen molar-refractivity contribution in [2.45, 2.75) is 6.04 Å². The van der Waals surface area contributed by atoms with Crippen molar-refractivity contribution in [3.8, 4) is 0 Å². The Morgan fingerprint density at radius 1 is 1.42 bits per heavy atom. The third kappa shape index (κ3) is 4.51. The van der Waals surface area contributed by atoms with Crippen LogP contribution in [0.2, 0.25) is 5.02 Å². The predicted octanol–water partition coefficient (Wildman–Crippen LogP) is 0.731. The fraction of sp³-hybridized carbons (Fsp3) is 0.333. The van der Waals surface area contributed by atoms with Crippen LogP contribution in [0.1, 0.15) is 0 Å². The van der Waals surface area contributed by atoms with Crippen molar-refractivity contribution < 1.29 is 19.4 Å². The summed E-state index contributed by atoms with van der Waals surface area (Å²) in [6.45, 7) is -0.458. The molecule has 0 fully saturated rings. The molecule has 0 aliphatic heterocycles. The van der Waals surface area contributed by atoms with Crippen LogP contribution in [-0.4, -0.2) is 43.3 Å². The lowest BCUT2D eigenvalue weighted by molar-refractivity contribution is -0.137. The summed E-state index contributed by atoms with van der Waals surface area (Å²) >= 11 is 5.75. The maximum Gasteiger partial charge on any atom is 0.323 e. The van der Waals surface area contributed by atoms with Gasteiger partial charge in [0, 0.05) is 17.8 Å². The smallest absolute Gasteiger partial charge is 0.323 e. The van der Waals surface area contributed by atoms with Crippen molar-refractivity contribution in [1.82, 2.24) is 0 Å². The highest BCUT2D eigenvalue weighted by Gasteiger charge is 2.24. The fourth-order valence-electron chi connectivity index (χ4n) is 1.50. The summed E-state index contributed by atoms with van der Waals surface area (Å²) in [7, 11) is 1.41. The van der Waals surface area contributed by atoms with Crippen LogP contribution in [-0.2, 0) is 14.3 Å². The van der Waals surface area contributed by atoms with E-state index in [1.165, 1.54) is 7.11 Å². The molecule has 0 saturated carbocycles. The predicted molar refractivity (Wildman–Crippen MR) is 71.3 cm³/mol. The summed E-state index contributed by atoms with van der Waals surface area (Å²) in [4.78, 5) is 24.0. The average molecular weight is 287 g/mol. The maximum absolute atomic E-state index is 12.1. The number of nitrogens with zero attached hydrogens (tertiary/aromatic N) is 1. The van der Waals surface area contributed by atoms with E-state index < -0.39 is 24.5 Å². The molecule has 1 amide bonds. The Labute approximate surface area is 115 Å². The number of amides is 1. The van der Waals surface area contributed by atoms with E-state index in [0.717, 1.165) is 4.90 Å². The molecule has 0 spiro atoms. The zero-order valence-electron chi connectivity index (χ0n) is 10.4. The number of rotatable bonds is 6. The number of carbonyl (C=O) groups excluding carboxylic acids is 1. The molecule has 1 aromatic rings. The fourth-order valence-corrected chi connectivity index (χ4v) is 1.63. The molecule has 6 nitrogen and oxygen atoms in total. The number of halogens is 1. The van der Waals surface area contributed by atoms with E-state index in [4.69, 9.17) is 27.2 Å². The number of carboxylic acids is 1. The number of aliphatic carboxylic acids is 1. The highest BCUT2D eigenvalue weighted by atomic mass is 35.5. The summed E-state index contributed by atoms with van der Waals surface area (Å²) in [6.07, 6.45) is 0. The summed E-state index contributed by atoms with van der Waals surface area (Å²) in [5.74, 6) is -1.65. The van der Waals surface area contributed by atoms with Gasteiger partial charge in [-0.2, -0.15) is 0 Å². The zero-order valence-corrected chi connectivity index (χ0v) is 11.1. The number of methoxy groups -OCH3 is 1. The molecule has 0 aliphatic rings. The second-order valence-electron chi connectivity index (χ2n) is 3.86. The van der Waals surface area contributed by atoms with Crippen molar-refractivity contribution in [3.05, 3.63) is 29.3 Å². The zero-order chi connectivity index (χ0) is 14.4. The van der Waals surface area contributed by atoms with Crippen molar-refractivity contribution in [2.75, 3.05) is 25.2 Å². The molecular weight excluding hydrogens is 272 g/mol. The monoisotopic (exact) mass is 286 g/mol. The van der Waals surface area contributed by atoms with Gasteiger partial charge in [-0.15, -0.1) is 0 Å². The van der Waals surface area contributed by atoms with Crippen LogP contribution in [0.5, 0.6) is 0 Å². The molecule has 0 aliphatic carbocycles. The average Bonchev–Trinajstić information content (AvgIpc) is 2.36. The van der Waals surface area contributed by atoms with Crippen LogP contribution in [0.15, 0.2) is 24.3 Å². The molecule has 0 heterocycles. The number of carbonyl (C=O) groups is 2. The van der Waals surface area contributed by atoms with Gasteiger partial charge in [0.25, 0.3) is 0 Å². The van der Waals surface area contributed by atoms with Gasteiger partial charge in [0.05, 0.1) is 6.61 Å². The first-order valence-electron chi connectivity index (χ1n) is 5.49. The summed E-state index contributed by atoms with van der Waals surface area (Å²) in [5.41, 5.74) is 6.06. The van der Waals surface area contributed by atoms with Crippen molar-refractivity contribution in [3.63, 3.8) is 0 Å². The first kappa shape index (κ1) is 15.4. The normalized spacial score (nSPS) is 11.9. The molecular formula is C12H15ClN2O4.